The molecular weight excluding hydrogens is 298 g/mol. The molecule has 0 radical (unpaired) electrons. The summed E-state index contributed by atoms with van der Waals surface area (Å²) in [6.07, 6.45) is 0. The average Bonchev–Trinajstić information content (AvgIpc) is 2.45. The lowest BCUT2D eigenvalue weighted by molar-refractivity contribution is -0.132. The molecular formula is C13H16ClN3O2S. The van der Waals surface area contributed by atoms with Crippen LogP contribution in [0, 0.1) is 0 Å². The monoisotopic (exact) mass is 313 g/mol. The smallest absolute Gasteiger partial charge is 0.312 e. The predicted octanol–water partition coefficient (Wildman–Crippen LogP) is 1.62. The number of urea groups is 1. The molecule has 1 aromatic rings. The highest BCUT2D eigenvalue weighted by Crippen LogP contribution is 2.30. The molecule has 0 aliphatic carbocycles. The number of thioether (sulfide) groups is 1. The zero-order valence-corrected chi connectivity index (χ0v) is 12.4. The molecule has 7 heteroatoms. The first-order chi connectivity index (χ1) is 9.58. The van der Waals surface area contributed by atoms with Crippen molar-refractivity contribution in [3.63, 3.8) is 0 Å². The Morgan fingerprint density at radius 2 is 2.10 bits per heavy atom. The van der Waals surface area contributed by atoms with Crippen molar-refractivity contribution in [3.8, 4) is 0 Å². The fourth-order valence-electron chi connectivity index (χ4n) is 2.13. The summed E-state index contributed by atoms with van der Waals surface area (Å²) in [5.41, 5.74) is 6.04. The summed E-state index contributed by atoms with van der Waals surface area (Å²) in [6.45, 7) is 0.599. The molecule has 1 aromatic carbocycles. The van der Waals surface area contributed by atoms with Crippen molar-refractivity contribution in [1.82, 2.24) is 10.2 Å². The number of nitrogens with zero attached hydrogens (tertiary/aromatic N) is 1. The van der Waals surface area contributed by atoms with Gasteiger partial charge in [0.2, 0.25) is 5.91 Å². The van der Waals surface area contributed by atoms with Crippen molar-refractivity contribution in [2.75, 3.05) is 24.6 Å². The fourth-order valence-corrected chi connectivity index (χ4v) is 3.34. The first-order valence-electron chi connectivity index (χ1n) is 6.24. The summed E-state index contributed by atoms with van der Waals surface area (Å²) < 4.78 is 0. The van der Waals surface area contributed by atoms with E-state index in [0.29, 0.717) is 11.6 Å². The van der Waals surface area contributed by atoms with E-state index in [-0.39, 0.29) is 18.5 Å². The molecule has 1 fully saturated rings. The second-order valence-electron chi connectivity index (χ2n) is 4.45. The Morgan fingerprint density at radius 3 is 2.75 bits per heavy atom. The number of halogens is 1. The summed E-state index contributed by atoms with van der Waals surface area (Å²) in [7, 11) is 0. The van der Waals surface area contributed by atoms with Crippen LogP contribution < -0.4 is 11.1 Å². The van der Waals surface area contributed by atoms with Crippen LogP contribution >= 0.6 is 23.4 Å². The van der Waals surface area contributed by atoms with Gasteiger partial charge in [0.05, 0.1) is 12.6 Å². The van der Waals surface area contributed by atoms with Gasteiger partial charge in [-0.25, -0.2) is 4.79 Å². The van der Waals surface area contributed by atoms with Crippen molar-refractivity contribution in [1.29, 1.82) is 0 Å². The van der Waals surface area contributed by atoms with Crippen LogP contribution in [0.15, 0.2) is 24.3 Å². The van der Waals surface area contributed by atoms with Crippen LogP contribution in [-0.4, -0.2) is 41.4 Å². The largest absolute Gasteiger partial charge is 0.352 e. The molecule has 108 valence electrons. The Morgan fingerprint density at radius 1 is 1.40 bits per heavy atom. The number of hydrogen-bond acceptors (Lipinski definition) is 3. The Labute approximate surface area is 126 Å². The third-order valence-electron chi connectivity index (χ3n) is 3.12. The van der Waals surface area contributed by atoms with E-state index >= 15 is 0 Å². The molecule has 0 aromatic heterocycles. The van der Waals surface area contributed by atoms with E-state index in [0.717, 1.165) is 17.1 Å². The molecule has 3 N–H and O–H groups in total. The minimum absolute atomic E-state index is 0.00759. The number of nitrogens with one attached hydrogen (secondary N) is 1. The van der Waals surface area contributed by atoms with Gasteiger partial charge in [-0.1, -0.05) is 23.7 Å². The highest BCUT2D eigenvalue weighted by molar-refractivity contribution is 7.99. The molecule has 0 unspecified atom stereocenters. The highest BCUT2D eigenvalue weighted by atomic mass is 35.5. The first-order valence-corrected chi connectivity index (χ1v) is 7.77. The molecule has 0 saturated carbocycles. The van der Waals surface area contributed by atoms with Crippen molar-refractivity contribution in [3.05, 3.63) is 34.9 Å². The van der Waals surface area contributed by atoms with Gasteiger partial charge >= 0.3 is 6.03 Å². The van der Waals surface area contributed by atoms with Crippen LogP contribution in [0.5, 0.6) is 0 Å². The number of carbonyl (C=O) groups is 2. The van der Waals surface area contributed by atoms with Crippen LogP contribution in [0.4, 0.5) is 4.79 Å². The van der Waals surface area contributed by atoms with Crippen LogP contribution in [0.3, 0.4) is 0 Å². The second-order valence-corrected chi connectivity index (χ2v) is 6.03. The van der Waals surface area contributed by atoms with Gasteiger partial charge in [-0.3, -0.25) is 4.79 Å². The van der Waals surface area contributed by atoms with Gasteiger partial charge in [-0.15, -0.1) is 0 Å². The Kier molecular flexibility index (Phi) is 5.14. The fraction of sp³-hybridized carbons (Fsp3) is 0.385. The minimum Gasteiger partial charge on any atom is -0.352 e. The molecule has 5 nitrogen and oxygen atoms in total. The van der Waals surface area contributed by atoms with Crippen LogP contribution in [0.2, 0.25) is 5.02 Å². The first kappa shape index (κ1) is 15.0. The van der Waals surface area contributed by atoms with E-state index in [2.05, 4.69) is 5.32 Å². The van der Waals surface area contributed by atoms with Gasteiger partial charge in [0.1, 0.15) is 0 Å². The molecule has 0 bridgehead atoms. The minimum atomic E-state index is -0.687. The number of benzene rings is 1. The molecule has 1 atom stereocenters. The maximum Gasteiger partial charge on any atom is 0.312 e. The number of rotatable bonds is 3. The normalized spacial score (nSPS) is 18.6. The van der Waals surface area contributed by atoms with E-state index in [1.165, 1.54) is 0 Å². The zero-order chi connectivity index (χ0) is 14.5. The summed E-state index contributed by atoms with van der Waals surface area (Å²) in [5.74, 6) is 1.61. The SMILES string of the molecule is NC(=O)NCC(=O)N1CCSC[C@H]1c1ccc(Cl)cc1. The van der Waals surface area contributed by atoms with E-state index in [1.54, 1.807) is 4.90 Å². The van der Waals surface area contributed by atoms with E-state index < -0.39 is 6.03 Å². The van der Waals surface area contributed by atoms with Crippen LogP contribution in [0.25, 0.3) is 0 Å². The van der Waals surface area contributed by atoms with Gasteiger partial charge in [0.25, 0.3) is 0 Å². The van der Waals surface area contributed by atoms with Gasteiger partial charge in [0.15, 0.2) is 0 Å². The van der Waals surface area contributed by atoms with Crippen molar-refractivity contribution >= 4 is 35.3 Å². The lowest BCUT2D eigenvalue weighted by atomic mass is 10.1. The molecule has 2 rings (SSSR count). The lowest BCUT2D eigenvalue weighted by Gasteiger charge is -2.35. The molecule has 1 heterocycles. The second kappa shape index (κ2) is 6.85. The maximum absolute atomic E-state index is 12.2. The number of amides is 3. The summed E-state index contributed by atoms with van der Waals surface area (Å²) in [5, 5.41) is 3.02. The summed E-state index contributed by atoms with van der Waals surface area (Å²) in [6, 6.07) is 6.82. The molecule has 1 saturated heterocycles. The van der Waals surface area contributed by atoms with Gasteiger partial charge in [0, 0.05) is 23.1 Å². The molecule has 3 amide bonds. The van der Waals surface area contributed by atoms with Gasteiger partial charge in [-0.2, -0.15) is 11.8 Å². The van der Waals surface area contributed by atoms with Crippen LogP contribution in [-0.2, 0) is 4.79 Å². The molecule has 1 aliphatic rings. The summed E-state index contributed by atoms with van der Waals surface area (Å²) >= 11 is 7.70. The van der Waals surface area contributed by atoms with Gasteiger partial charge in [-0.05, 0) is 17.7 Å². The van der Waals surface area contributed by atoms with Crippen molar-refractivity contribution in [2.45, 2.75) is 6.04 Å². The van der Waals surface area contributed by atoms with Crippen LogP contribution in [0.1, 0.15) is 11.6 Å². The predicted molar refractivity (Wildman–Crippen MR) is 80.8 cm³/mol. The standard InChI is InChI=1S/C13H16ClN3O2S/c14-10-3-1-9(2-4-10)11-8-20-6-5-17(11)12(18)7-16-13(15)19/h1-4,11H,5-8H2,(H3,15,16,19)/t11-/m0/s1. The quantitative estimate of drug-likeness (QED) is 0.890. The number of hydrogen-bond donors (Lipinski definition) is 2. The maximum atomic E-state index is 12.2. The number of nitrogens with two attached hydrogens (primary N) is 1. The Bertz CT molecular complexity index is 495. The zero-order valence-electron chi connectivity index (χ0n) is 10.8. The van der Waals surface area contributed by atoms with Crippen molar-refractivity contribution in [2.24, 2.45) is 5.73 Å². The number of primary amides is 1. The topological polar surface area (TPSA) is 75.4 Å². The Balaban J connectivity index is 2.10. The lowest BCUT2D eigenvalue weighted by Crippen LogP contribution is -2.46. The average molecular weight is 314 g/mol. The highest BCUT2D eigenvalue weighted by Gasteiger charge is 2.28. The summed E-state index contributed by atoms with van der Waals surface area (Å²) in [4.78, 5) is 24.7. The third-order valence-corrected chi connectivity index (χ3v) is 4.39. The van der Waals surface area contributed by atoms with Crippen molar-refractivity contribution < 1.29 is 9.59 Å². The molecule has 1 aliphatic heterocycles. The van der Waals surface area contributed by atoms with E-state index in [1.807, 2.05) is 36.0 Å². The van der Waals surface area contributed by atoms with Gasteiger partial charge < -0.3 is 16.0 Å². The molecule has 20 heavy (non-hydrogen) atoms. The molecule has 0 spiro atoms. The van der Waals surface area contributed by atoms with E-state index in [9.17, 15) is 9.59 Å². The number of carbonyl (C=O) groups excluding carboxylic acids is 2. The third kappa shape index (κ3) is 3.80. The Hall–Kier alpha value is -1.40. The van der Waals surface area contributed by atoms with E-state index in [4.69, 9.17) is 17.3 Å².